The maximum absolute atomic E-state index is 12.1. The number of amides is 1. The number of nitrogens with zero attached hydrogens (tertiary/aromatic N) is 3. The fourth-order valence-corrected chi connectivity index (χ4v) is 3.86. The number of carbonyl (C=O) groups is 2. The Bertz CT molecular complexity index is 948. The zero-order chi connectivity index (χ0) is 18.7. The summed E-state index contributed by atoms with van der Waals surface area (Å²) in [5.74, 6) is -1.14. The van der Waals surface area contributed by atoms with Crippen molar-refractivity contribution < 1.29 is 19.2 Å². The standard InChI is InChI=1S/C16H13N3O5S2/c1-18(8-13-17-10-4-2-3-5-11(10)25-13)14(20)9-24-16(21)12-6-7-15(26-12)19(22)23/h2-7H,8-9H2,1H3. The number of hydrogen-bond donors (Lipinski definition) is 0. The lowest BCUT2D eigenvalue weighted by atomic mass is 10.3. The highest BCUT2D eigenvalue weighted by Crippen LogP contribution is 2.25. The van der Waals surface area contributed by atoms with Gasteiger partial charge < -0.3 is 9.64 Å². The van der Waals surface area contributed by atoms with Crippen LogP contribution in [-0.4, -0.2) is 40.3 Å². The van der Waals surface area contributed by atoms with E-state index in [1.54, 1.807) is 7.05 Å². The molecule has 0 unspecified atom stereocenters. The van der Waals surface area contributed by atoms with Gasteiger partial charge in [0.15, 0.2) is 6.61 Å². The normalized spacial score (nSPS) is 10.7. The number of fused-ring (bicyclic) bond motifs is 1. The van der Waals surface area contributed by atoms with Gasteiger partial charge in [-0.25, -0.2) is 9.78 Å². The number of esters is 1. The molecule has 0 fully saturated rings. The molecule has 0 atom stereocenters. The maximum Gasteiger partial charge on any atom is 0.349 e. The van der Waals surface area contributed by atoms with Crippen molar-refractivity contribution >= 4 is 49.8 Å². The van der Waals surface area contributed by atoms with Gasteiger partial charge in [0.1, 0.15) is 9.88 Å². The Hall–Kier alpha value is -2.85. The average Bonchev–Trinajstić information content (AvgIpc) is 3.25. The van der Waals surface area contributed by atoms with Crippen LogP contribution in [0.1, 0.15) is 14.7 Å². The molecule has 10 heteroatoms. The smallest absolute Gasteiger partial charge is 0.349 e. The number of nitro groups is 1. The van der Waals surface area contributed by atoms with Gasteiger partial charge in [-0.2, -0.15) is 0 Å². The summed E-state index contributed by atoms with van der Waals surface area (Å²) in [5.41, 5.74) is 0.874. The number of rotatable bonds is 6. The van der Waals surface area contributed by atoms with Crippen molar-refractivity contribution in [1.29, 1.82) is 0 Å². The van der Waals surface area contributed by atoms with Gasteiger partial charge >= 0.3 is 11.0 Å². The molecule has 1 amide bonds. The lowest BCUT2D eigenvalue weighted by Crippen LogP contribution is -2.30. The number of benzene rings is 1. The SMILES string of the molecule is CN(Cc1nc2ccccc2s1)C(=O)COC(=O)c1ccc([N+](=O)[O-])s1. The third-order valence-corrected chi connectivity index (χ3v) is 5.47. The highest BCUT2D eigenvalue weighted by Gasteiger charge is 2.19. The molecule has 0 radical (unpaired) electrons. The summed E-state index contributed by atoms with van der Waals surface area (Å²) in [6.45, 7) is -0.133. The predicted molar refractivity (Wildman–Crippen MR) is 97.3 cm³/mol. The van der Waals surface area contributed by atoms with Gasteiger partial charge in [0.05, 0.1) is 21.7 Å². The van der Waals surface area contributed by atoms with Crippen LogP contribution in [0.15, 0.2) is 36.4 Å². The lowest BCUT2D eigenvalue weighted by Gasteiger charge is -2.15. The Labute approximate surface area is 155 Å². The van der Waals surface area contributed by atoms with E-state index in [1.165, 1.54) is 28.4 Å². The summed E-state index contributed by atoms with van der Waals surface area (Å²) >= 11 is 2.20. The number of ether oxygens (including phenoxy) is 1. The maximum atomic E-state index is 12.1. The Morgan fingerprint density at radius 3 is 2.69 bits per heavy atom. The van der Waals surface area contributed by atoms with Crippen LogP contribution in [0.5, 0.6) is 0 Å². The summed E-state index contributed by atoms with van der Waals surface area (Å²) in [5, 5.41) is 11.3. The number of aromatic nitrogens is 1. The predicted octanol–water partition coefficient (Wildman–Crippen LogP) is 3.08. The zero-order valence-corrected chi connectivity index (χ0v) is 15.2. The largest absolute Gasteiger partial charge is 0.451 e. The molecular formula is C16H13N3O5S2. The van der Waals surface area contributed by atoms with E-state index >= 15 is 0 Å². The van der Waals surface area contributed by atoms with E-state index in [-0.39, 0.29) is 15.8 Å². The monoisotopic (exact) mass is 391 g/mol. The summed E-state index contributed by atoms with van der Waals surface area (Å²) in [6.07, 6.45) is 0. The summed E-state index contributed by atoms with van der Waals surface area (Å²) < 4.78 is 5.98. The molecule has 8 nitrogen and oxygen atoms in total. The molecule has 3 rings (SSSR count). The lowest BCUT2D eigenvalue weighted by molar-refractivity contribution is -0.380. The molecule has 2 heterocycles. The summed E-state index contributed by atoms with van der Waals surface area (Å²) in [7, 11) is 1.60. The van der Waals surface area contributed by atoms with Crippen LogP contribution in [0.3, 0.4) is 0 Å². The Kier molecular flexibility index (Phi) is 5.24. The third kappa shape index (κ3) is 4.03. The van der Waals surface area contributed by atoms with Gasteiger partial charge in [0.2, 0.25) is 0 Å². The van der Waals surface area contributed by atoms with Crippen molar-refractivity contribution in [2.45, 2.75) is 6.54 Å². The molecule has 0 aliphatic carbocycles. The Morgan fingerprint density at radius 2 is 2.00 bits per heavy atom. The van der Waals surface area contributed by atoms with Gasteiger partial charge in [-0.05, 0) is 18.2 Å². The van der Waals surface area contributed by atoms with Crippen molar-refractivity contribution in [2.24, 2.45) is 0 Å². The molecule has 26 heavy (non-hydrogen) atoms. The van der Waals surface area contributed by atoms with Crippen LogP contribution < -0.4 is 0 Å². The van der Waals surface area contributed by atoms with Gasteiger partial charge in [0, 0.05) is 13.1 Å². The number of carbonyl (C=O) groups excluding carboxylic acids is 2. The molecule has 2 aromatic heterocycles. The number of likely N-dealkylation sites (N-methyl/N-ethyl adjacent to an activating group) is 1. The Morgan fingerprint density at radius 1 is 1.23 bits per heavy atom. The van der Waals surface area contributed by atoms with Crippen molar-refractivity contribution in [2.75, 3.05) is 13.7 Å². The second-order valence-electron chi connectivity index (χ2n) is 5.30. The quantitative estimate of drug-likeness (QED) is 0.363. The number of thiophene rings is 1. The van der Waals surface area contributed by atoms with Crippen LogP contribution in [0.25, 0.3) is 10.2 Å². The molecule has 134 valence electrons. The molecule has 1 aromatic carbocycles. The fourth-order valence-electron chi connectivity index (χ4n) is 2.12. The minimum atomic E-state index is -0.759. The topological polar surface area (TPSA) is 103 Å². The van der Waals surface area contributed by atoms with Gasteiger partial charge in [-0.1, -0.05) is 23.5 Å². The van der Waals surface area contributed by atoms with E-state index in [4.69, 9.17) is 4.74 Å². The first-order chi connectivity index (χ1) is 12.4. The summed E-state index contributed by atoms with van der Waals surface area (Å²) in [4.78, 5) is 40.0. The van der Waals surface area contributed by atoms with Crippen LogP contribution in [0, 0.1) is 10.1 Å². The first-order valence-electron chi connectivity index (χ1n) is 7.44. The molecule has 3 aromatic rings. The highest BCUT2D eigenvalue weighted by atomic mass is 32.1. The zero-order valence-electron chi connectivity index (χ0n) is 13.6. The van der Waals surface area contributed by atoms with Crippen molar-refractivity contribution in [3.63, 3.8) is 0 Å². The molecule has 0 aliphatic rings. The third-order valence-electron chi connectivity index (χ3n) is 3.44. The van der Waals surface area contributed by atoms with Gasteiger partial charge in [0.25, 0.3) is 5.91 Å². The van der Waals surface area contributed by atoms with Crippen LogP contribution in [-0.2, 0) is 16.1 Å². The molecule has 0 saturated heterocycles. The average molecular weight is 391 g/mol. The van der Waals surface area contributed by atoms with Gasteiger partial charge in [-0.3, -0.25) is 14.9 Å². The summed E-state index contributed by atoms with van der Waals surface area (Å²) in [6, 6.07) is 10.2. The molecule has 0 saturated carbocycles. The van der Waals surface area contributed by atoms with Crippen molar-refractivity contribution in [1.82, 2.24) is 9.88 Å². The Balaban J connectivity index is 1.55. The highest BCUT2D eigenvalue weighted by molar-refractivity contribution is 7.18. The number of thiazole rings is 1. The van der Waals surface area contributed by atoms with Crippen molar-refractivity contribution in [3.05, 3.63) is 56.4 Å². The molecular weight excluding hydrogens is 378 g/mol. The van der Waals surface area contributed by atoms with Crippen LogP contribution >= 0.6 is 22.7 Å². The molecule has 0 spiro atoms. The first kappa shape index (κ1) is 18.0. The molecule has 0 N–H and O–H groups in total. The number of para-hydroxylation sites is 1. The number of hydrogen-bond acceptors (Lipinski definition) is 8. The van der Waals surface area contributed by atoms with E-state index in [1.807, 2.05) is 24.3 Å². The fraction of sp³-hybridized carbons (Fsp3) is 0.188. The van der Waals surface area contributed by atoms with E-state index in [0.29, 0.717) is 17.9 Å². The van der Waals surface area contributed by atoms with E-state index in [2.05, 4.69) is 4.98 Å². The molecule has 0 aliphatic heterocycles. The van der Waals surface area contributed by atoms with Crippen LogP contribution in [0.4, 0.5) is 5.00 Å². The van der Waals surface area contributed by atoms with Gasteiger partial charge in [-0.15, -0.1) is 11.3 Å². The minimum absolute atomic E-state index is 0.0818. The second kappa shape index (κ2) is 7.58. The van der Waals surface area contributed by atoms with Crippen molar-refractivity contribution in [3.8, 4) is 0 Å². The second-order valence-corrected chi connectivity index (χ2v) is 7.47. The van der Waals surface area contributed by atoms with E-state index in [0.717, 1.165) is 15.2 Å². The molecule has 0 bridgehead atoms. The first-order valence-corrected chi connectivity index (χ1v) is 9.07. The van der Waals surface area contributed by atoms with E-state index < -0.39 is 17.5 Å². The van der Waals surface area contributed by atoms with E-state index in [9.17, 15) is 19.7 Å². The minimum Gasteiger partial charge on any atom is -0.451 e. The van der Waals surface area contributed by atoms with Crippen LogP contribution in [0.2, 0.25) is 0 Å².